The summed E-state index contributed by atoms with van der Waals surface area (Å²) in [6, 6.07) is 4.20. The SMILES string of the molecule is COC(=O)C(C)CN(C)C(=O)c1ccc(F)c(C)c1. The Labute approximate surface area is 112 Å². The van der Waals surface area contributed by atoms with Crippen LogP contribution in [-0.2, 0) is 9.53 Å². The number of amides is 1. The van der Waals surface area contributed by atoms with E-state index in [1.165, 1.54) is 30.2 Å². The lowest BCUT2D eigenvalue weighted by Gasteiger charge is -2.20. The van der Waals surface area contributed by atoms with Crippen LogP contribution >= 0.6 is 0 Å². The van der Waals surface area contributed by atoms with Gasteiger partial charge in [-0.15, -0.1) is 0 Å². The van der Waals surface area contributed by atoms with Crippen LogP contribution in [0.4, 0.5) is 4.39 Å². The van der Waals surface area contributed by atoms with Gasteiger partial charge < -0.3 is 9.64 Å². The molecule has 0 heterocycles. The molecule has 0 bridgehead atoms. The summed E-state index contributed by atoms with van der Waals surface area (Å²) < 4.78 is 17.7. The summed E-state index contributed by atoms with van der Waals surface area (Å²) in [5, 5.41) is 0. The van der Waals surface area contributed by atoms with Crippen LogP contribution in [0.25, 0.3) is 0 Å². The quantitative estimate of drug-likeness (QED) is 0.784. The van der Waals surface area contributed by atoms with E-state index in [0.29, 0.717) is 11.1 Å². The highest BCUT2D eigenvalue weighted by atomic mass is 19.1. The van der Waals surface area contributed by atoms with Crippen LogP contribution in [0.1, 0.15) is 22.8 Å². The summed E-state index contributed by atoms with van der Waals surface area (Å²) in [4.78, 5) is 24.8. The number of ether oxygens (including phenoxy) is 1. The third-order valence-corrected chi connectivity index (χ3v) is 2.90. The molecule has 104 valence electrons. The maximum atomic E-state index is 13.1. The predicted molar refractivity (Wildman–Crippen MR) is 69.3 cm³/mol. The molecule has 4 nitrogen and oxygen atoms in total. The molecule has 0 aromatic heterocycles. The van der Waals surface area contributed by atoms with E-state index >= 15 is 0 Å². The lowest BCUT2D eigenvalue weighted by atomic mass is 10.1. The van der Waals surface area contributed by atoms with Gasteiger partial charge in [-0.1, -0.05) is 6.92 Å². The first-order valence-electron chi connectivity index (χ1n) is 5.96. The number of halogens is 1. The van der Waals surface area contributed by atoms with Crippen molar-refractivity contribution in [1.29, 1.82) is 0 Å². The molecule has 1 aromatic carbocycles. The van der Waals surface area contributed by atoms with Gasteiger partial charge >= 0.3 is 5.97 Å². The number of hydrogen-bond acceptors (Lipinski definition) is 3. The first-order valence-corrected chi connectivity index (χ1v) is 5.96. The highest BCUT2D eigenvalue weighted by molar-refractivity contribution is 5.94. The minimum Gasteiger partial charge on any atom is -0.469 e. The maximum absolute atomic E-state index is 13.1. The van der Waals surface area contributed by atoms with Gasteiger partial charge in [0.15, 0.2) is 0 Å². The molecular weight excluding hydrogens is 249 g/mol. The predicted octanol–water partition coefficient (Wildman–Crippen LogP) is 2.02. The number of carbonyl (C=O) groups is 2. The fourth-order valence-corrected chi connectivity index (χ4v) is 1.77. The zero-order valence-corrected chi connectivity index (χ0v) is 11.6. The average Bonchev–Trinajstić information content (AvgIpc) is 2.39. The topological polar surface area (TPSA) is 46.6 Å². The molecule has 0 spiro atoms. The van der Waals surface area contributed by atoms with E-state index in [-0.39, 0.29) is 24.2 Å². The van der Waals surface area contributed by atoms with E-state index in [0.717, 1.165) is 0 Å². The monoisotopic (exact) mass is 267 g/mol. The first-order chi connectivity index (χ1) is 8.86. The Morgan fingerprint density at radius 1 is 1.42 bits per heavy atom. The number of hydrogen-bond donors (Lipinski definition) is 0. The van der Waals surface area contributed by atoms with Crippen LogP contribution in [0.5, 0.6) is 0 Å². The van der Waals surface area contributed by atoms with Crippen LogP contribution in [0.15, 0.2) is 18.2 Å². The van der Waals surface area contributed by atoms with Gasteiger partial charge in [0.05, 0.1) is 13.0 Å². The second-order valence-electron chi connectivity index (χ2n) is 4.57. The standard InChI is InChI=1S/C14H18FNO3/c1-9-7-11(5-6-12(9)15)13(17)16(3)8-10(2)14(18)19-4/h5-7,10H,8H2,1-4H3. The smallest absolute Gasteiger partial charge is 0.310 e. The summed E-state index contributed by atoms with van der Waals surface area (Å²) in [6.07, 6.45) is 0. The molecule has 0 fully saturated rings. The maximum Gasteiger partial charge on any atom is 0.310 e. The van der Waals surface area contributed by atoms with Gasteiger partial charge in [0.2, 0.25) is 0 Å². The molecule has 1 rings (SSSR count). The highest BCUT2D eigenvalue weighted by Crippen LogP contribution is 2.12. The number of aryl methyl sites for hydroxylation is 1. The number of methoxy groups -OCH3 is 1. The molecule has 5 heteroatoms. The molecule has 0 N–H and O–H groups in total. The zero-order chi connectivity index (χ0) is 14.6. The largest absolute Gasteiger partial charge is 0.469 e. The van der Waals surface area contributed by atoms with Gasteiger partial charge in [-0.05, 0) is 30.7 Å². The van der Waals surface area contributed by atoms with Crippen molar-refractivity contribution in [3.8, 4) is 0 Å². The first kappa shape index (κ1) is 15.1. The summed E-state index contributed by atoms with van der Waals surface area (Å²) >= 11 is 0. The van der Waals surface area contributed by atoms with E-state index in [4.69, 9.17) is 0 Å². The van der Waals surface area contributed by atoms with Crippen molar-refractivity contribution in [2.45, 2.75) is 13.8 Å². The summed E-state index contributed by atoms with van der Waals surface area (Å²) in [7, 11) is 2.91. The van der Waals surface area contributed by atoms with E-state index < -0.39 is 5.92 Å². The molecule has 1 aromatic rings. The number of rotatable bonds is 4. The van der Waals surface area contributed by atoms with Crippen molar-refractivity contribution in [3.63, 3.8) is 0 Å². The van der Waals surface area contributed by atoms with Crippen LogP contribution in [0.2, 0.25) is 0 Å². The normalized spacial score (nSPS) is 11.8. The zero-order valence-electron chi connectivity index (χ0n) is 11.6. The van der Waals surface area contributed by atoms with Crippen molar-refractivity contribution in [3.05, 3.63) is 35.1 Å². The van der Waals surface area contributed by atoms with Gasteiger partial charge in [0, 0.05) is 19.2 Å². The third-order valence-electron chi connectivity index (χ3n) is 2.90. The van der Waals surface area contributed by atoms with E-state index in [1.807, 2.05) is 0 Å². The van der Waals surface area contributed by atoms with Crippen molar-refractivity contribution < 1.29 is 18.7 Å². The molecule has 0 aliphatic rings. The van der Waals surface area contributed by atoms with Crippen molar-refractivity contribution in [2.24, 2.45) is 5.92 Å². The van der Waals surface area contributed by atoms with Crippen LogP contribution in [0.3, 0.4) is 0 Å². The van der Waals surface area contributed by atoms with Crippen molar-refractivity contribution >= 4 is 11.9 Å². The molecular formula is C14H18FNO3. The minimum atomic E-state index is -0.402. The molecule has 1 atom stereocenters. The van der Waals surface area contributed by atoms with Gasteiger partial charge in [0.25, 0.3) is 5.91 Å². The fourth-order valence-electron chi connectivity index (χ4n) is 1.77. The Morgan fingerprint density at radius 3 is 2.58 bits per heavy atom. The average molecular weight is 267 g/mol. The van der Waals surface area contributed by atoms with Crippen LogP contribution < -0.4 is 0 Å². The van der Waals surface area contributed by atoms with E-state index in [2.05, 4.69) is 4.74 Å². The highest BCUT2D eigenvalue weighted by Gasteiger charge is 2.19. The Kier molecular flexibility index (Phi) is 5.03. The van der Waals surface area contributed by atoms with Crippen LogP contribution in [-0.4, -0.2) is 37.5 Å². The number of carbonyl (C=O) groups excluding carboxylic acids is 2. The summed E-state index contributed by atoms with van der Waals surface area (Å²) in [5.41, 5.74) is 0.818. The van der Waals surface area contributed by atoms with Crippen molar-refractivity contribution in [1.82, 2.24) is 4.90 Å². The van der Waals surface area contributed by atoms with Crippen LogP contribution in [0, 0.1) is 18.7 Å². The van der Waals surface area contributed by atoms with Gasteiger partial charge in [-0.3, -0.25) is 9.59 Å². The second kappa shape index (κ2) is 6.31. The Morgan fingerprint density at radius 2 is 2.05 bits per heavy atom. The second-order valence-corrected chi connectivity index (χ2v) is 4.57. The molecule has 0 aliphatic carbocycles. The van der Waals surface area contributed by atoms with E-state index in [9.17, 15) is 14.0 Å². The summed E-state index contributed by atoms with van der Waals surface area (Å²) in [6.45, 7) is 3.54. The third kappa shape index (κ3) is 3.77. The molecule has 0 radical (unpaired) electrons. The number of esters is 1. The lowest BCUT2D eigenvalue weighted by molar-refractivity contribution is -0.145. The minimum absolute atomic E-state index is 0.251. The lowest BCUT2D eigenvalue weighted by Crippen LogP contribution is -2.34. The Balaban J connectivity index is 2.76. The number of benzene rings is 1. The summed E-state index contributed by atoms with van der Waals surface area (Å²) in [5.74, 6) is -1.36. The molecule has 19 heavy (non-hydrogen) atoms. The molecule has 0 saturated heterocycles. The molecule has 0 saturated carbocycles. The molecule has 1 unspecified atom stereocenters. The Hall–Kier alpha value is -1.91. The molecule has 0 aliphatic heterocycles. The van der Waals surface area contributed by atoms with Crippen molar-refractivity contribution in [2.75, 3.05) is 20.7 Å². The fraction of sp³-hybridized carbons (Fsp3) is 0.429. The number of nitrogens with zero attached hydrogens (tertiary/aromatic N) is 1. The van der Waals surface area contributed by atoms with Gasteiger partial charge in [0.1, 0.15) is 5.82 Å². The molecule has 1 amide bonds. The van der Waals surface area contributed by atoms with Gasteiger partial charge in [-0.2, -0.15) is 0 Å². The van der Waals surface area contributed by atoms with E-state index in [1.54, 1.807) is 20.9 Å². The van der Waals surface area contributed by atoms with Gasteiger partial charge in [-0.25, -0.2) is 4.39 Å². The Bertz CT molecular complexity index is 488.